The maximum atomic E-state index is 13.4. The second kappa shape index (κ2) is 60.5. The van der Waals surface area contributed by atoms with E-state index in [-0.39, 0.29) is 18.9 Å². The molecule has 3 aliphatic rings. The van der Waals surface area contributed by atoms with Gasteiger partial charge in [-0.2, -0.15) is 0 Å². The van der Waals surface area contributed by atoms with E-state index in [1.54, 1.807) is 6.08 Å². The summed E-state index contributed by atoms with van der Waals surface area (Å²) in [5.41, 5.74) is 0. The minimum atomic E-state index is -1.98. The SMILES string of the molecule is CC/C=C\C/C=C\C/C=C\C/C=C\C/C=C\CCCCCCCC(=O)NC(COC1OC(CO)C(OC2OC(CO)C(OC3OC(CO)C(O)C(O)C3O)C(O)C2O)C(O)C1O)C(O)/C=C/CCCCCCCCCCCCCCCCCCCCCCCCCCCCCCCCC. The molecule has 0 spiro atoms. The zero-order chi connectivity index (χ0) is 71.8. The largest absolute Gasteiger partial charge is 0.394 e. The lowest BCUT2D eigenvalue weighted by molar-refractivity contribution is -0.379. The predicted octanol–water partition coefficient (Wildman–Crippen LogP) is 12.8. The fourth-order valence-electron chi connectivity index (χ4n) is 13.2. The maximum absolute atomic E-state index is 13.4. The number of carbonyl (C=O) groups is 1. The Labute approximate surface area is 598 Å². The van der Waals surface area contributed by atoms with Crippen LogP contribution in [0, 0.1) is 0 Å². The second-order valence-electron chi connectivity index (χ2n) is 28.1. The molecule has 0 aromatic rings. The maximum Gasteiger partial charge on any atom is 0.220 e. The van der Waals surface area contributed by atoms with E-state index in [4.69, 9.17) is 28.4 Å². The van der Waals surface area contributed by atoms with Crippen molar-refractivity contribution in [1.82, 2.24) is 5.32 Å². The third-order valence-corrected chi connectivity index (χ3v) is 19.5. The van der Waals surface area contributed by atoms with Crippen molar-refractivity contribution in [2.24, 2.45) is 0 Å². The first kappa shape index (κ1) is 90.4. The van der Waals surface area contributed by atoms with Crippen LogP contribution < -0.4 is 5.32 Å². The van der Waals surface area contributed by atoms with Gasteiger partial charge in [-0.15, -0.1) is 0 Å². The summed E-state index contributed by atoms with van der Waals surface area (Å²) in [6, 6.07) is -0.990. The minimum absolute atomic E-state index is 0.218. The minimum Gasteiger partial charge on any atom is -0.394 e. The van der Waals surface area contributed by atoms with E-state index in [1.807, 2.05) is 6.08 Å². The van der Waals surface area contributed by atoms with E-state index in [9.17, 15) is 61.0 Å². The van der Waals surface area contributed by atoms with Crippen LogP contribution in [0.15, 0.2) is 72.9 Å². The number of nitrogens with one attached hydrogen (secondary N) is 1. The van der Waals surface area contributed by atoms with Crippen LogP contribution in [0.3, 0.4) is 0 Å². The molecule has 0 saturated carbocycles. The number of hydrogen-bond donors (Lipinski definition) is 12. The Morgan fingerprint density at radius 1 is 0.374 bits per heavy atom. The second-order valence-corrected chi connectivity index (χ2v) is 28.1. The third kappa shape index (κ3) is 40.9. The van der Waals surface area contributed by atoms with Gasteiger partial charge in [-0.05, 0) is 64.2 Å². The van der Waals surface area contributed by atoms with E-state index in [0.717, 1.165) is 89.9 Å². The van der Waals surface area contributed by atoms with Gasteiger partial charge in [0.1, 0.15) is 73.2 Å². The van der Waals surface area contributed by atoms with Crippen LogP contribution in [-0.4, -0.2) is 193 Å². The number of aliphatic hydroxyl groups is 11. The van der Waals surface area contributed by atoms with E-state index >= 15 is 0 Å². The lowest BCUT2D eigenvalue weighted by atomic mass is 9.96. The van der Waals surface area contributed by atoms with Crippen LogP contribution in [-0.2, 0) is 33.2 Å². The van der Waals surface area contributed by atoms with Crippen molar-refractivity contribution in [2.75, 3.05) is 26.4 Å². The molecule has 3 heterocycles. The van der Waals surface area contributed by atoms with Gasteiger partial charge >= 0.3 is 0 Å². The zero-order valence-corrected chi connectivity index (χ0v) is 61.5. The number of ether oxygens (including phenoxy) is 6. The van der Waals surface area contributed by atoms with Gasteiger partial charge in [0.15, 0.2) is 18.9 Å². The van der Waals surface area contributed by atoms with E-state index in [1.165, 1.54) is 180 Å². The fraction of sp³-hybridized carbons (Fsp3) is 0.838. The van der Waals surface area contributed by atoms with Gasteiger partial charge in [0, 0.05) is 6.42 Å². The first-order chi connectivity index (χ1) is 48.3. The molecule has 99 heavy (non-hydrogen) atoms. The van der Waals surface area contributed by atoms with Crippen LogP contribution in [0.4, 0.5) is 0 Å². The highest BCUT2D eigenvalue weighted by Gasteiger charge is 2.53. The summed E-state index contributed by atoms with van der Waals surface area (Å²) in [5, 5.41) is 121. The molecule has 0 aliphatic carbocycles. The number of hydrogen-bond acceptors (Lipinski definition) is 18. The molecule has 1 amide bonds. The molecule has 17 atom stereocenters. The van der Waals surface area contributed by atoms with Gasteiger partial charge in [-0.1, -0.05) is 299 Å². The van der Waals surface area contributed by atoms with Gasteiger partial charge in [0.25, 0.3) is 0 Å². The summed E-state index contributed by atoms with van der Waals surface area (Å²) in [6.45, 7) is 1.63. The number of rotatable bonds is 62. The van der Waals surface area contributed by atoms with Crippen molar-refractivity contribution in [1.29, 1.82) is 0 Å². The van der Waals surface area contributed by atoms with E-state index < -0.39 is 124 Å². The predicted molar refractivity (Wildman–Crippen MR) is 392 cm³/mol. The normalized spacial score (nSPS) is 27.0. The molecule has 0 bridgehead atoms. The summed E-state index contributed by atoms with van der Waals surface area (Å²) in [6.07, 6.45) is 51.8. The Hall–Kier alpha value is -2.77. The molecule has 12 N–H and O–H groups in total. The number of amides is 1. The van der Waals surface area contributed by atoms with Crippen LogP contribution in [0.2, 0.25) is 0 Å². The quantitative estimate of drug-likeness (QED) is 0.0199. The van der Waals surface area contributed by atoms with Gasteiger partial charge in [-0.3, -0.25) is 4.79 Å². The highest BCUT2D eigenvalue weighted by Crippen LogP contribution is 2.33. The Morgan fingerprint density at radius 2 is 0.697 bits per heavy atom. The molecule has 3 rings (SSSR count). The van der Waals surface area contributed by atoms with Gasteiger partial charge < -0.3 is 89.9 Å². The number of carbonyl (C=O) groups excluding carboxylic acids is 1. The van der Waals surface area contributed by atoms with Crippen molar-refractivity contribution in [2.45, 2.75) is 401 Å². The molecule has 0 aromatic heterocycles. The number of unbranched alkanes of at least 4 members (excludes halogenated alkanes) is 36. The first-order valence-corrected chi connectivity index (χ1v) is 39.7. The van der Waals surface area contributed by atoms with E-state index in [2.05, 4.69) is 79.9 Å². The van der Waals surface area contributed by atoms with E-state index in [0.29, 0.717) is 6.42 Å². The van der Waals surface area contributed by atoms with Gasteiger partial charge in [0.05, 0.1) is 38.6 Å². The lowest BCUT2D eigenvalue weighted by Gasteiger charge is -2.48. The van der Waals surface area contributed by atoms with Crippen molar-refractivity contribution >= 4 is 5.91 Å². The molecule has 3 saturated heterocycles. The molecule has 3 fully saturated rings. The highest BCUT2D eigenvalue weighted by atomic mass is 16.8. The monoisotopic (exact) mass is 1410 g/mol. The number of aliphatic hydroxyl groups excluding tert-OH is 11. The first-order valence-electron chi connectivity index (χ1n) is 39.7. The standard InChI is InChI=1S/C80H143NO18/c1-3-5-7-9-11-13-15-17-19-21-23-25-26-27-28-29-30-31-32-33-34-35-36-38-39-41-43-45-47-49-51-53-55-57-64(85)63(81-68(86)58-56-54-52-50-48-46-44-42-40-37-24-22-20-18-16-14-12-10-8-6-4-2)62-94-78-74(92)71(89)76(66(60-83)96-78)99-80-75(93)72(90)77(67(61-84)97-80)98-79-73(91)70(88)69(87)65(59-82)95-79/h6,8,12,14,18,20,24,37,42,44,55,57,63-67,69-80,82-85,87-93H,3-5,7,9-11,13,15-17,19,21-23,25-36,38-41,43,45-54,56,58-62H2,1-2H3,(H,81,86)/b8-6-,14-12-,20-18-,37-24-,44-42-,57-55+. The Kier molecular flexibility index (Phi) is 55.3. The van der Waals surface area contributed by atoms with Gasteiger partial charge in [0.2, 0.25) is 5.91 Å². The topological polar surface area (TPSA) is 307 Å². The molecule has 19 nitrogen and oxygen atoms in total. The summed E-state index contributed by atoms with van der Waals surface area (Å²) >= 11 is 0. The third-order valence-electron chi connectivity index (χ3n) is 19.5. The molecule has 19 heteroatoms. The lowest BCUT2D eigenvalue weighted by Crippen LogP contribution is -2.66. The van der Waals surface area contributed by atoms with Crippen LogP contribution in [0.1, 0.15) is 296 Å². The van der Waals surface area contributed by atoms with Crippen molar-refractivity contribution < 1.29 is 89.4 Å². The fourth-order valence-corrected chi connectivity index (χ4v) is 13.2. The Morgan fingerprint density at radius 3 is 1.09 bits per heavy atom. The van der Waals surface area contributed by atoms with Crippen LogP contribution in [0.5, 0.6) is 0 Å². The average Bonchev–Trinajstić information content (AvgIpc) is 0.784. The smallest absolute Gasteiger partial charge is 0.220 e. The summed E-state index contributed by atoms with van der Waals surface area (Å²) < 4.78 is 34.4. The number of allylic oxidation sites excluding steroid dienone is 11. The summed E-state index contributed by atoms with van der Waals surface area (Å²) in [5.74, 6) is -0.293. The summed E-state index contributed by atoms with van der Waals surface area (Å²) in [7, 11) is 0. The molecule has 3 aliphatic heterocycles. The van der Waals surface area contributed by atoms with Crippen LogP contribution in [0.25, 0.3) is 0 Å². The highest BCUT2D eigenvalue weighted by molar-refractivity contribution is 5.76. The van der Waals surface area contributed by atoms with Crippen molar-refractivity contribution in [3.05, 3.63) is 72.9 Å². The Balaban J connectivity index is 1.38. The van der Waals surface area contributed by atoms with Crippen molar-refractivity contribution in [3.63, 3.8) is 0 Å². The molecule has 0 aromatic carbocycles. The molecular formula is C80H143NO18. The molecule has 576 valence electrons. The molecule has 17 unspecified atom stereocenters. The molecule has 0 radical (unpaired) electrons. The van der Waals surface area contributed by atoms with Crippen LogP contribution >= 0.6 is 0 Å². The van der Waals surface area contributed by atoms with Gasteiger partial charge in [-0.25, -0.2) is 0 Å². The molecular weight excluding hydrogens is 1260 g/mol. The van der Waals surface area contributed by atoms with Crippen molar-refractivity contribution in [3.8, 4) is 0 Å². The zero-order valence-electron chi connectivity index (χ0n) is 61.5. The summed E-state index contributed by atoms with van der Waals surface area (Å²) in [4.78, 5) is 13.4. The average molecular weight is 1410 g/mol. The Bertz CT molecular complexity index is 2070.